The average molecular weight is 360 g/mol. The third kappa shape index (κ3) is 4.86. The number of aliphatic hydroxyl groups excluding tert-OH is 1. The van der Waals surface area contributed by atoms with Crippen LogP contribution < -0.4 is 5.32 Å². The van der Waals surface area contributed by atoms with Gasteiger partial charge in [-0.1, -0.05) is 12.1 Å². The van der Waals surface area contributed by atoms with Gasteiger partial charge < -0.3 is 15.2 Å². The first-order chi connectivity index (χ1) is 12.1. The molecule has 0 spiro atoms. The molecule has 1 aromatic carbocycles. The fourth-order valence-electron chi connectivity index (χ4n) is 2.24. The third-order valence-corrected chi connectivity index (χ3v) is 3.38. The molecule has 2 aromatic rings. The Hall–Kier alpha value is -2.80. The Kier molecular flexibility index (Phi) is 5.72. The number of halogens is 1. The van der Waals surface area contributed by atoms with E-state index in [1.807, 2.05) is 0 Å². The maximum Gasteiger partial charge on any atom is 0.338 e. The monoisotopic (exact) mass is 360 g/mol. The first-order valence-electron chi connectivity index (χ1n) is 8.01. The van der Waals surface area contributed by atoms with E-state index in [4.69, 9.17) is 4.74 Å². The molecule has 0 saturated heterocycles. The maximum atomic E-state index is 13.4. The van der Waals surface area contributed by atoms with Gasteiger partial charge in [0, 0.05) is 7.05 Å². The van der Waals surface area contributed by atoms with E-state index in [2.05, 4.69) is 10.3 Å². The highest BCUT2D eigenvalue weighted by molar-refractivity contribution is 5.96. The van der Waals surface area contributed by atoms with E-state index >= 15 is 0 Å². The molecular weight excluding hydrogens is 339 g/mol. The summed E-state index contributed by atoms with van der Waals surface area (Å²) in [5.41, 5.74) is -0.422. The van der Waals surface area contributed by atoms with Crippen LogP contribution in [0.5, 0.6) is 0 Å². The number of aliphatic hydroxyl groups is 1. The van der Waals surface area contributed by atoms with Gasteiger partial charge in [0.15, 0.2) is 0 Å². The van der Waals surface area contributed by atoms with Crippen molar-refractivity contribution < 1.29 is 23.8 Å². The molecule has 2 N–H and O–H groups in total. The van der Waals surface area contributed by atoms with Crippen molar-refractivity contribution in [3.8, 4) is 0 Å². The molecule has 0 saturated carbocycles. The Morgan fingerprint density at radius 3 is 2.50 bits per heavy atom. The van der Waals surface area contributed by atoms with Crippen LogP contribution in [0, 0.1) is 5.82 Å². The molecule has 0 aliphatic carbocycles. The van der Waals surface area contributed by atoms with Crippen LogP contribution in [0.4, 0.5) is 4.39 Å². The second-order valence-electron chi connectivity index (χ2n) is 6.70. The number of nitrogens with zero attached hydrogens (tertiary/aromatic N) is 1. The third-order valence-electron chi connectivity index (χ3n) is 3.38. The van der Waals surface area contributed by atoms with Crippen LogP contribution in [0.2, 0.25) is 0 Å². The van der Waals surface area contributed by atoms with Gasteiger partial charge in [-0.05, 0) is 50.6 Å². The molecule has 1 amide bonds. The van der Waals surface area contributed by atoms with Crippen molar-refractivity contribution in [2.24, 2.45) is 0 Å². The summed E-state index contributed by atoms with van der Waals surface area (Å²) in [6.45, 7) is 5.15. The van der Waals surface area contributed by atoms with Gasteiger partial charge in [0.2, 0.25) is 0 Å². The number of hydrogen-bond acceptors (Lipinski definition) is 5. The van der Waals surface area contributed by atoms with Crippen molar-refractivity contribution in [3.05, 3.63) is 64.7 Å². The number of ether oxygens (including phenoxy) is 1. The molecule has 1 aromatic heterocycles. The van der Waals surface area contributed by atoms with Crippen LogP contribution in [0.25, 0.3) is 0 Å². The zero-order valence-corrected chi connectivity index (χ0v) is 15.0. The van der Waals surface area contributed by atoms with Crippen LogP contribution >= 0.6 is 0 Å². The normalized spacial score (nSPS) is 12.4. The Balaban J connectivity index is 2.49. The number of carbonyl (C=O) groups is 2. The van der Waals surface area contributed by atoms with Crippen LogP contribution in [-0.4, -0.2) is 34.6 Å². The smallest absolute Gasteiger partial charge is 0.338 e. The predicted octanol–water partition coefficient (Wildman–Crippen LogP) is 2.62. The summed E-state index contributed by atoms with van der Waals surface area (Å²) in [6.07, 6.45) is -1.31. The fraction of sp³-hybridized carbons (Fsp3) is 0.316. The Morgan fingerprint density at radius 2 is 1.92 bits per heavy atom. The lowest BCUT2D eigenvalue weighted by Gasteiger charge is -2.20. The minimum Gasteiger partial charge on any atom is -0.456 e. The molecule has 0 radical (unpaired) electrons. The van der Waals surface area contributed by atoms with Gasteiger partial charge in [0.1, 0.15) is 23.2 Å². The molecule has 7 heteroatoms. The topological polar surface area (TPSA) is 88.5 Å². The standard InChI is InChI=1S/C19H21FN2O4/c1-19(2,3)26-18(25)12-9-14(22-15(10-12)17(24)21-4)16(23)11-6-5-7-13(20)8-11/h5-10,16,23H,1-4H3,(H,21,24). The van der Waals surface area contributed by atoms with Gasteiger partial charge in [-0.25, -0.2) is 14.2 Å². The summed E-state index contributed by atoms with van der Waals surface area (Å²) in [5.74, 6) is -1.70. The number of carbonyl (C=O) groups excluding carboxylic acids is 2. The van der Waals surface area contributed by atoms with E-state index in [9.17, 15) is 19.1 Å². The molecule has 0 aliphatic heterocycles. The van der Waals surface area contributed by atoms with Crippen LogP contribution in [0.15, 0.2) is 36.4 Å². The molecule has 2 rings (SSSR count). The van der Waals surface area contributed by atoms with Gasteiger partial charge in [-0.15, -0.1) is 0 Å². The highest BCUT2D eigenvalue weighted by Gasteiger charge is 2.23. The second-order valence-corrected chi connectivity index (χ2v) is 6.70. The van der Waals surface area contributed by atoms with E-state index in [0.717, 1.165) is 6.07 Å². The van der Waals surface area contributed by atoms with E-state index in [-0.39, 0.29) is 22.5 Å². The molecule has 1 heterocycles. The molecule has 1 atom stereocenters. The van der Waals surface area contributed by atoms with Crippen molar-refractivity contribution in [3.63, 3.8) is 0 Å². The zero-order chi connectivity index (χ0) is 19.5. The Bertz CT molecular complexity index is 831. The predicted molar refractivity (Wildman–Crippen MR) is 93.3 cm³/mol. The second kappa shape index (κ2) is 7.61. The van der Waals surface area contributed by atoms with Gasteiger partial charge >= 0.3 is 5.97 Å². The molecule has 138 valence electrons. The first kappa shape index (κ1) is 19.5. The molecule has 0 fully saturated rings. The maximum absolute atomic E-state index is 13.4. The number of hydrogen-bond donors (Lipinski definition) is 2. The summed E-state index contributed by atoms with van der Waals surface area (Å²) in [6, 6.07) is 7.99. The minimum absolute atomic E-state index is 0.0394. The lowest BCUT2D eigenvalue weighted by atomic mass is 10.0. The van der Waals surface area contributed by atoms with E-state index in [1.54, 1.807) is 20.8 Å². The first-order valence-corrected chi connectivity index (χ1v) is 8.01. The number of esters is 1. The largest absolute Gasteiger partial charge is 0.456 e. The zero-order valence-electron chi connectivity index (χ0n) is 15.0. The average Bonchev–Trinajstić information content (AvgIpc) is 2.58. The van der Waals surface area contributed by atoms with Crippen molar-refractivity contribution in [2.75, 3.05) is 7.05 Å². The van der Waals surface area contributed by atoms with Crippen molar-refractivity contribution in [2.45, 2.75) is 32.5 Å². The molecule has 0 aliphatic rings. The van der Waals surface area contributed by atoms with E-state index < -0.39 is 29.4 Å². The number of nitrogens with one attached hydrogen (secondary N) is 1. The van der Waals surface area contributed by atoms with Crippen LogP contribution in [-0.2, 0) is 4.74 Å². The Labute approximate surface area is 151 Å². The fourth-order valence-corrected chi connectivity index (χ4v) is 2.24. The van der Waals surface area contributed by atoms with Crippen molar-refractivity contribution in [1.29, 1.82) is 0 Å². The summed E-state index contributed by atoms with van der Waals surface area (Å²) >= 11 is 0. The molecule has 26 heavy (non-hydrogen) atoms. The van der Waals surface area contributed by atoms with Crippen LogP contribution in [0.1, 0.15) is 59.0 Å². The van der Waals surface area contributed by atoms with Crippen LogP contribution in [0.3, 0.4) is 0 Å². The van der Waals surface area contributed by atoms with Gasteiger partial charge in [0.05, 0.1) is 11.3 Å². The minimum atomic E-state index is -1.31. The summed E-state index contributed by atoms with van der Waals surface area (Å²) < 4.78 is 18.7. The molecule has 6 nitrogen and oxygen atoms in total. The van der Waals surface area contributed by atoms with Crippen molar-refractivity contribution >= 4 is 11.9 Å². The summed E-state index contributed by atoms with van der Waals surface area (Å²) in [7, 11) is 1.42. The van der Waals surface area contributed by atoms with E-state index in [0.29, 0.717) is 0 Å². The number of amides is 1. The summed E-state index contributed by atoms with van der Waals surface area (Å²) in [4.78, 5) is 28.4. The SMILES string of the molecule is CNC(=O)c1cc(C(=O)OC(C)(C)C)cc(C(O)c2cccc(F)c2)n1. The highest BCUT2D eigenvalue weighted by atomic mass is 19.1. The molecule has 0 bridgehead atoms. The Morgan fingerprint density at radius 1 is 1.23 bits per heavy atom. The number of rotatable bonds is 4. The highest BCUT2D eigenvalue weighted by Crippen LogP contribution is 2.23. The molecule has 1 unspecified atom stereocenters. The lowest BCUT2D eigenvalue weighted by Crippen LogP contribution is -2.25. The van der Waals surface area contributed by atoms with E-state index in [1.165, 1.54) is 37.4 Å². The summed E-state index contributed by atoms with van der Waals surface area (Å²) in [5, 5.41) is 12.9. The van der Waals surface area contributed by atoms with Gasteiger partial charge in [-0.2, -0.15) is 0 Å². The quantitative estimate of drug-likeness (QED) is 0.818. The van der Waals surface area contributed by atoms with Gasteiger partial charge in [-0.3, -0.25) is 4.79 Å². The number of aromatic nitrogens is 1. The van der Waals surface area contributed by atoms with Gasteiger partial charge in [0.25, 0.3) is 5.91 Å². The van der Waals surface area contributed by atoms with Crippen molar-refractivity contribution in [1.82, 2.24) is 10.3 Å². The number of benzene rings is 1. The lowest BCUT2D eigenvalue weighted by molar-refractivity contribution is 0.00691. The molecular formula is C19H21FN2O4. The number of pyridine rings is 1.